The first-order valence-corrected chi connectivity index (χ1v) is 7.95. The summed E-state index contributed by atoms with van der Waals surface area (Å²) in [6.45, 7) is 2.10. The van der Waals surface area contributed by atoms with Crippen LogP contribution in [-0.4, -0.2) is 20.4 Å². The van der Waals surface area contributed by atoms with Gasteiger partial charge in [-0.1, -0.05) is 11.2 Å². The lowest BCUT2D eigenvalue weighted by Gasteiger charge is -2.06. The first-order valence-electron chi connectivity index (χ1n) is 6.30. The quantitative estimate of drug-likeness (QED) is 0.896. The second-order valence-electron chi connectivity index (χ2n) is 4.70. The van der Waals surface area contributed by atoms with E-state index in [0.29, 0.717) is 23.0 Å². The number of aryl methyl sites for hydroxylation is 1. The average Bonchev–Trinajstić information content (AvgIpc) is 3.04. The molecule has 0 saturated carbocycles. The maximum Gasteiger partial charge on any atom is 0.231 e. The molecule has 7 nitrogen and oxygen atoms in total. The van der Waals surface area contributed by atoms with Crippen molar-refractivity contribution in [1.29, 1.82) is 0 Å². The molecular formula is C13H14N2O5S. The van der Waals surface area contributed by atoms with Crippen molar-refractivity contribution in [3.8, 4) is 11.5 Å². The summed E-state index contributed by atoms with van der Waals surface area (Å²) in [5.41, 5.74) is 1.44. The molecule has 112 valence electrons. The number of fused-ring (bicyclic) bond motifs is 1. The molecule has 0 atom stereocenters. The standard InChI is InChI=1S/C13H14N2O5S/c1-9-4-11(20-15-9)7-21(16,17)14-6-10-2-3-12-13(5-10)19-8-18-12/h2-5,14H,6-8H2,1H3. The Hall–Kier alpha value is -2.06. The minimum absolute atomic E-state index is 0.173. The molecule has 1 aliphatic rings. The van der Waals surface area contributed by atoms with Gasteiger partial charge in [0.25, 0.3) is 0 Å². The van der Waals surface area contributed by atoms with Gasteiger partial charge in [0.1, 0.15) is 5.75 Å². The summed E-state index contributed by atoms with van der Waals surface area (Å²) in [5, 5.41) is 3.66. The van der Waals surface area contributed by atoms with Gasteiger partial charge < -0.3 is 14.0 Å². The molecule has 2 aromatic rings. The molecule has 0 radical (unpaired) electrons. The monoisotopic (exact) mass is 310 g/mol. The van der Waals surface area contributed by atoms with Gasteiger partial charge in [0.2, 0.25) is 16.8 Å². The highest BCUT2D eigenvalue weighted by Crippen LogP contribution is 2.32. The number of benzene rings is 1. The number of hydrogen-bond acceptors (Lipinski definition) is 6. The van der Waals surface area contributed by atoms with Crippen molar-refractivity contribution < 1.29 is 22.4 Å². The van der Waals surface area contributed by atoms with E-state index in [4.69, 9.17) is 14.0 Å². The van der Waals surface area contributed by atoms with Crippen LogP contribution in [0, 0.1) is 6.92 Å². The number of rotatable bonds is 5. The highest BCUT2D eigenvalue weighted by molar-refractivity contribution is 7.88. The summed E-state index contributed by atoms with van der Waals surface area (Å²) in [6.07, 6.45) is 0. The molecule has 0 amide bonds. The number of hydrogen-bond donors (Lipinski definition) is 1. The zero-order valence-electron chi connectivity index (χ0n) is 11.3. The molecule has 0 spiro atoms. The normalized spacial score (nSPS) is 13.6. The zero-order chi connectivity index (χ0) is 14.9. The summed E-state index contributed by atoms with van der Waals surface area (Å²) < 4.78 is 41.8. The predicted octanol–water partition coefficient (Wildman–Crippen LogP) is 1.33. The largest absolute Gasteiger partial charge is 0.454 e. The van der Waals surface area contributed by atoms with Crippen molar-refractivity contribution in [2.75, 3.05) is 6.79 Å². The Morgan fingerprint density at radius 2 is 2.05 bits per heavy atom. The first-order chi connectivity index (χ1) is 10.0. The zero-order valence-corrected chi connectivity index (χ0v) is 12.1. The number of ether oxygens (including phenoxy) is 2. The van der Waals surface area contributed by atoms with E-state index < -0.39 is 10.0 Å². The number of sulfonamides is 1. The summed E-state index contributed by atoms with van der Waals surface area (Å²) in [5.74, 6) is 1.36. The number of nitrogens with zero attached hydrogens (tertiary/aromatic N) is 1. The molecule has 8 heteroatoms. The average molecular weight is 310 g/mol. The third-order valence-corrected chi connectivity index (χ3v) is 4.19. The molecule has 3 rings (SSSR count). The van der Waals surface area contributed by atoms with E-state index in [0.717, 1.165) is 5.56 Å². The fraction of sp³-hybridized carbons (Fsp3) is 0.308. The van der Waals surface area contributed by atoms with Gasteiger partial charge in [-0.25, -0.2) is 13.1 Å². The maximum absolute atomic E-state index is 12.0. The summed E-state index contributed by atoms with van der Waals surface area (Å²) >= 11 is 0. The van der Waals surface area contributed by atoms with Crippen molar-refractivity contribution in [3.63, 3.8) is 0 Å². The van der Waals surface area contributed by atoms with Crippen LogP contribution in [0.5, 0.6) is 11.5 Å². The van der Waals surface area contributed by atoms with E-state index in [9.17, 15) is 8.42 Å². The van der Waals surface area contributed by atoms with Crippen LogP contribution in [0.15, 0.2) is 28.8 Å². The smallest absolute Gasteiger partial charge is 0.231 e. The summed E-state index contributed by atoms with van der Waals surface area (Å²) in [6, 6.07) is 6.89. The maximum atomic E-state index is 12.0. The van der Waals surface area contributed by atoms with Crippen LogP contribution in [-0.2, 0) is 22.3 Å². The molecule has 2 heterocycles. The lowest BCUT2D eigenvalue weighted by Crippen LogP contribution is -2.24. The Balaban J connectivity index is 1.63. The van der Waals surface area contributed by atoms with Gasteiger partial charge in [0, 0.05) is 12.6 Å². The predicted molar refractivity (Wildman–Crippen MR) is 73.3 cm³/mol. The van der Waals surface area contributed by atoms with Gasteiger partial charge in [0.15, 0.2) is 17.3 Å². The second kappa shape index (κ2) is 5.38. The molecule has 1 aromatic carbocycles. The molecular weight excluding hydrogens is 296 g/mol. The van der Waals surface area contributed by atoms with Crippen LogP contribution in [0.1, 0.15) is 17.0 Å². The molecule has 1 aromatic heterocycles. The van der Waals surface area contributed by atoms with E-state index in [2.05, 4.69) is 9.88 Å². The molecule has 0 fully saturated rings. The highest BCUT2D eigenvalue weighted by atomic mass is 32.2. The van der Waals surface area contributed by atoms with Crippen LogP contribution in [0.2, 0.25) is 0 Å². The van der Waals surface area contributed by atoms with Gasteiger partial charge in [-0.15, -0.1) is 0 Å². The third-order valence-electron chi connectivity index (χ3n) is 2.94. The van der Waals surface area contributed by atoms with Crippen molar-refractivity contribution >= 4 is 10.0 Å². The van der Waals surface area contributed by atoms with Crippen molar-refractivity contribution in [2.24, 2.45) is 0 Å². The van der Waals surface area contributed by atoms with Crippen LogP contribution in [0.3, 0.4) is 0 Å². The molecule has 1 N–H and O–H groups in total. The first kappa shape index (κ1) is 13.9. The van der Waals surface area contributed by atoms with Crippen molar-refractivity contribution in [1.82, 2.24) is 9.88 Å². The topological polar surface area (TPSA) is 90.7 Å². The fourth-order valence-electron chi connectivity index (χ4n) is 1.97. The highest BCUT2D eigenvalue weighted by Gasteiger charge is 2.17. The Kier molecular flexibility index (Phi) is 3.56. The summed E-state index contributed by atoms with van der Waals surface area (Å²) in [7, 11) is -3.49. The molecule has 0 bridgehead atoms. The SMILES string of the molecule is Cc1cc(CS(=O)(=O)NCc2ccc3c(c2)OCO3)on1. The lowest BCUT2D eigenvalue weighted by molar-refractivity contribution is 0.174. The van der Waals surface area contributed by atoms with E-state index in [-0.39, 0.29) is 19.1 Å². The Morgan fingerprint density at radius 1 is 1.24 bits per heavy atom. The second-order valence-corrected chi connectivity index (χ2v) is 6.51. The summed E-state index contributed by atoms with van der Waals surface area (Å²) in [4.78, 5) is 0. The van der Waals surface area contributed by atoms with E-state index in [1.807, 2.05) is 0 Å². The van der Waals surface area contributed by atoms with E-state index in [1.165, 1.54) is 0 Å². The molecule has 0 unspecified atom stereocenters. The molecule has 21 heavy (non-hydrogen) atoms. The van der Waals surface area contributed by atoms with Gasteiger partial charge in [-0.2, -0.15) is 0 Å². The minimum atomic E-state index is -3.49. The van der Waals surface area contributed by atoms with Crippen molar-refractivity contribution in [3.05, 3.63) is 41.3 Å². The fourth-order valence-corrected chi connectivity index (χ4v) is 2.97. The Labute approximate surface area is 121 Å². The van der Waals surface area contributed by atoms with Crippen LogP contribution < -0.4 is 14.2 Å². The van der Waals surface area contributed by atoms with Crippen molar-refractivity contribution in [2.45, 2.75) is 19.2 Å². The minimum Gasteiger partial charge on any atom is -0.454 e. The van der Waals surface area contributed by atoms with Gasteiger partial charge in [0.05, 0.1) is 5.69 Å². The molecule has 0 aliphatic carbocycles. The molecule has 0 saturated heterocycles. The van der Waals surface area contributed by atoms with Gasteiger partial charge in [-0.05, 0) is 24.6 Å². The van der Waals surface area contributed by atoms with Gasteiger partial charge >= 0.3 is 0 Å². The van der Waals surface area contributed by atoms with Crippen LogP contribution in [0.25, 0.3) is 0 Å². The van der Waals surface area contributed by atoms with Crippen LogP contribution >= 0.6 is 0 Å². The van der Waals surface area contributed by atoms with E-state index >= 15 is 0 Å². The van der Waals surface area contributed by atoms with Crippen LogP contribution in [0.4, 0.5) is 0 Å². The third kappa shape index (κ3) is 3.34. The Bertz CT molecular complexity index is 754. The number of nitrogens with one attached hydrogen (secondary N) is 1. The molecule has 1 aliphatic heterocycles. The van der Waals surface area contributed by atoms with Gasteiger partial charge in [-0.3, -0.25) is 0 Å². The number of aromatic nitrogens is 1. The van der Waals surface area contributed by atoms with E-state index in [1.54, 1.807) is 31.2 Å². The Morgan fingerprint density at radius 3 is 2.81 bits per heavy atom. The lowest BCUT2D eigenvalue weighted by atomic mass is 10.2.